The van der Waals surface area contributed by atoms with Crippen LogP contribution >= 0.6 is 22.9 Å². The largest absolute Gasteiger partial charge is 0.463 e. The molecular formula is C23H25ClF2N4O2S. The number of carbonyl (C=O) groups is 1. The van der Waals surface area contributed by atoms with Crippen LogP contribution in [0.2, 0.25) is 5.02 Å². The van der Waals surface area contributed by atoms with E-state index in [1.54, 1.807) is 19.2 Å². The van der Waals surface area contributed by atoms with Gasteiger partial charge in [0, 0.05) is 55.9 Å². The van der Waals surface area contributed by atoms with Crippen molar-refractivity contribution in [2.45, 2.75) is 12.8 Å². The van der Waals surface area contributed by atoms with Gasteiger partial charge in [0.1, 0.15) is 5.01 Å². The maximum absolute atomic E-state index is 14.4. The summed E-state index contributed by atoms with van der Waals surface area (Å²) in [5, 5.41) is 5.59. The number of dihydropyridines is 1. The number of halogens is 3. The van der Waals surface area contributed by atoms with Crippen LogP contribution in [0, 0.1) is 11.6 Å². The Morgan fingerprint density at radius 3 is 2.73 bits per heavy atom. The number of esters is 1. The highest BCUT2D eigenvalue weighted by molar-refractivity contribution is 7.10. The summed E-state index contributed by atoms with van der Waals surface area (Å²) in [6.45, 7) is 5.89. The first-order valence-electron chi connectivity index (χ1n) is 10.7. The molecule has 1 aromatic carbocycles. The topological polar surface area (TPSA) is 57.7 Å². The fourth-order valence-electron chi connectivity index (χ4n) is 4.03. The molecule has 0 bridgehead atoms. The molecule has 4 rings (SSSR count). The van der Waals surface area contributed by atoms with Gasteiger partial charge in [-0.05, 0) is 31.7 Å². The smallest absolute Gasteiger partial charge is 0.336 e. The van der Waals surface area contributed by atoms with Gasteiger partial charge in [-0.3, -0.25) is 4.90 Å². The molecule has 6 nitrogen and oxygen atoms in total. The lowest BCUT2D eigenvalue weighted by Gasteiger charge is -2.35. The Balaban J connectivity index is 1.82. The monoisotopic (exact) mass is 494 g/mol. The molecule has 0 radical (unpaired) electrons. The van der Waals surface area contributed by atoms with Crippen LogP contribution in [-0.2, 0) is 9.53 Å². The van der Waals surface area contributed by atoms with Gasteiger partial charge in [0.15, 0.2) is 11.6 Å². The van der Waals surface area contributed by atoms with E-state index in [4.69, 9.17) is 16.3 Å². The van der Waals surface area contributed by atoms with E-state index in [-0.39, 0.29) is 11.6 Å². The molecule has 176 valence electrons. The van der Waals surface area contributed by atoms with Crippen LogP contribution in [0.5, 0.6) is 0 Å². The second-order valence-corrected chi connectivity index (χ2v) is 9.25. The predicted octanol–water partition coefficient (Wildman–Crippen LogP) is 3.87. The lowest BCUT2D eigenvalue weighted by molar-refractivity contribution is -0.138. The molecule has 0 amide bonds. The summed E-state index contributed by atoms with van der Waals surface area (Å²) >= 11 is 7.68. The minimum atomic E-state index is -1.14. The van der Waals surface area contributed by atoms with E-state index in [1.807, 2.05) is 5.38 Å². The number of likely N-dealkylation sites (N-methyl/N-ethyl adjacent to an activating group) is 1. The van der Waals surface area contributed by atoms with Gasteiger partial charge in [-0.15, -0.1) is 11.3 Å². The zero-order valence-electron chi connectivity index (χ0n) is 18.4. The van der Waals surface area contributed by atoms with Crippen molar-refractivity contribution in [1.82, 2.24) is 20.1 Å². The van der Waals surface area contributed by atoms with Crippen molar-refractivity contribution in [3.63, 3.8) is 0 Å². The number of piperazine rings is 1. The van der Waals surface area contributed by atoms with Crippen molar-refractivity contribution < 1.29 is 18.3 Å². The van der Waals surface area contributed by atoms with Crippen LogP contribution in [0.4, 0.5) is 8.78 Å². The highest BCUT2D eigenvalue weighted by Gasteiger charge is 2.34. The van der Waals surface area contributed by atoms with Crippen molar-refractivity contribution in [3.05, 3.63) is 68.3 Å². The first-order valence-corrected chi connectivity index (χ1v) is 12.0. The number of nitrogens with one attached hydrogen (secondary N) is 1. The molecule has 1 unspecified atom stereocenters. The van der Waals surface area contributed by atoms with Gasteiger partial charge in [-0.1, -0.05) is 17.7 Å². The molecule has 2 aliphatic heterocycles. The molecule has 0 aliphatic carbocycles. The van der Waals surface area contributed by atoms with Gasteiger partial charge in [0.25, 0.3) is 0 Å². The summed E-state index contributed by atoms with van der Waals surface area (Å²) in [6.07, 6.45) is 3.46. The highest BCUT2D eigenvalue weighted by Crippen LogP contribution is 2.40. The number of thiazole rings is 1. The molecule has 2 aromatic rings. The summed E-state index contributed by atoms with van der Waals surface area (Å²) in [5.74, 6) is -3.43. The van der Waals surface area contributed by atoms with E-state index in [0.29, 0.717) is 29.1 Å². The number of ether oxygens (including phenoxy) is 1. The van der Waals surface area contributed by atoms with Crippen molar-refractivity contribution in [1.29, 1.82) is 0 Å². The zero-order valence-corrected chi connectivity index (χ0v) is 20.0. The lowest BCUT2D eigenvalue weighted by atomic mass is 9.86. The highest BCUT2D eigenvalue weighted by atomic mass is 35.5. The first kappa shape index (κ1) is 23.8. The van der Waals surface area contributed by atoms with Crippen LogP contribution in [0.15, 0.2) is 41.1 Å². The lowest BCUT2D eigenvalue weighted by Crippen LogP contribution is -2.46. The molecule has 1 fully saturated rings. The number of aromatic nitrogens is 1. The maximum Gasteiger partial charge on any atom is 0.336 e. The fourth-order valence-corrected chi connectivity index (χ4v) is 4.92. The Bertz CT molecular complexity index is 1080. The number of hydrogen-bond acceptors (Lipinski definition) is 7. The molecular weight excluding hydrogens is 470 g/mol. The van der Waals surface area contributed by atoms with E-state index < -0.39 is 23.5 Å². The normalized spacial score (nSPS) is 19.9. The molecule has 2 aliphatic rings. The van der Waals surface area contributed by atoms with Gasteiger partial charge in [-0.25, -0.2) is 18.6 Å². The Morgan fingerprint density at radius 2 is 2.06 bits per heavy atom. The number of benzene rings is 1. The Labute approximate surface area is 200 Å². The molecule has 33 heavy (non-hydrogen) atoms. The number of rotatable bonds is 6. The Kier molecular flexibility index (Phi) is 7.43. The van der Waals surface area contributed by atoms with E-state index in [2.05, 4.69) is 27.1 Å². The van der Waals surface area contributed by atoms with Crippen LogP contribution < -0.4 is 5.32 Å². The number of allylic oxidation sites excluding steroid dienone is 1. The number of nitrogens with zero attached hydrogens (tertiary/aromatic N) is 3. The Morgan fingerprint density at radius 1 is 1.30 bits per heavy atom. The first-order chi connectivity index (χ1) is 15.9. The molecule has 0 spiro atoms. The third-order valence-electron chi connectivity index (χ3n) is 5.79. The van der Waals surface area contributed by atoms with Gasteiger partial charge in [0.05, 0.1) is 22.9 Å². The molecule has 3 heterocycles. The molecule has 1 saturated heterocycles. The Hall–Kier alpha value is -2.33. The standard InChI is InChI=1S/C23H25ClF2N4O2S/c1-3-32-23(31)19-15(14-4-5-16(25)21(26)20(14)24)12-17(22-27-6-11-33-22)28-18(19)13-30-9-7-29(2)8-10-30/h4-6,11-12,15,28H,3,7-10,13H2,1-2H3. The van der Waals surface area contributed by atoms with Crippen LogP contribution in [0.25, 0.3) is 5.70 Å². The van der Waals surface area contributed by atoms with Gasteiger partial charge < -0.3 is 15.0 Å². The van der Waals surface area contributed by atoms with E-state index in [9.17, 15) is 13.6 Å². The van der Waals surface area contributed by atoms with Gasteiger partial charge in [0.2, 0.25) is 0 Å². The minimum absolute atomic E-state index is 0.186. The molecule has 1 N–H and O–H groups in total. The summed E-state index contributed by atoms with van der Waals surface area (Å²) in [7, 11) is 2.07. The number of hydrogen-bond donors (Lipinski definition) is 1. The summed E-state index contributed by atoms with van der Waals surface area (Å²) in [6, 6.07) is 2.44. The fraction of sp³-hybridized carbons (Fsp3) is 0.391. The quantitative estimate of drug-likeness (QED) is 0.486. The van der Waals surface area contributed by atoms with Crippen molar-refractivity contribution in [2.75, 3.05) is 46.4 Å². The second kappa shape index (κ2) is 10.3. The molecule has 0 saturated carbocycles. The van der Waals surface area contributed by atoms with Crippen LogP contribution in [-0.4, -0.2) is 67.1 Å². The third kappa shape index (κ3) is 5.11. The zero-order chi connectivity index (χ0) is 23.5. The molecule has 1 atom stereocenters. The summed E-state index contributed by atoms with van der Waals surface area (Å²) in [4.78, 5) is 22.0. The molecule has 10 heteroatoms. The van der Waals surface area contributed by atoms with E-state index in [0.717, 1.165) is 37.3 Å². The second-order valence-electron chi connectivity index (χ2n) is 7.98. The predicted molar refractivity (Wildman–Crippen MR) is 125 cm³/mol. The molecule has 1 aromatic heterocycles. The summed E-state index contributed by atoms with van der Waals surface area (Å²) in [5.41, 5.74) is 1.97. The average Bonchev–Trinajstić information content (AvgIpc) is 3.34. The maximum atomic E-state index is 14.4. The van der Waals surface area contributed by atoms with Crippen LogP contribution in [0.1, 0.15) is 23.4 Å². The van der Waals surface area contributed by atoms with Crippen molar-refractivity contribution >= 4 is 34.6 Å². The van der Waals surface area contributed by atoms with Gasteiger partial charge in [-0.2, -0.15) is 0 Å². The van der Waals surface area contributed by atoms with Crippen molar-refractivity contribution in [2.24, 2.45) is 0 Å². The third-order valence-corrected chi connectivity index (χ3v) is 6.98. The minimum Gasteiger partial charge on any atom is -0.463 e. The average molecular weight is 495 g/mol. The SMILES string of the molecule is CCOC(=O)C1=C(CN2CCN(C)CC2)NC(c2nccs2)=CC1c1ccc(F)c(F)c1Cl. The number of carbonyl (C=O) groups excluding carboxylic acids is 1. The van der Waals surface area contributed by atoms with E-state index in [1.165, 1.54) is 17.4 Å². The van der Waals surface area contributed by atoms with Crippen molar-refractivity contribution in [3.8, 4) is 0 Å². The summed E-state index contributed by atoms with van der Waals surface area (Å²) < 4.78 is 33.6. The van der Waals surface area contributed by atoms with E-state index >= 15 is 0 Å². The van der Waals surface area contributed by atoms with Gasteiger partial charge >= 0.3 is 5.97 Å². The van der Waals surface area contributed by atoms with Crippen LogP contribution in [0.3, 0.4) is 0 Å².